The predicted octanol–water partition coefficient (Wildman–Crippen LogP) is 4.50. The number of fused-ring (bicyclic) bond motifs is 3. The van der Waals surface area contributed by atoms with Crippen molar-refractivity contribution in [2.24, 2.45) is 0 Å². The van der Waals surface area contributed by atoms with E-state index in [0.717, 1.165) is 34.4 Å². The Morgan fingerprint density at radius 1 is 0.935 bits per heavy atom. The summed E-state index contributed by atoms with van der Waals surface area (Å²) in [5.41, 5.74) is 4.47. The van der Waals surface area contributed by atoms with Gasteiger partial charge in [0.1, 0.15) is 12.6 Å². The third kappa shape index (κ3) is 4.26. The van der Waals surface area contributed by atoms with Crippen LogP contribution in [-0.4, -0.2) is 29.8 Å². The maximum Gasteiger partial charge on any atom is 0.407 e. The fraction of sp³-hybridized carbons (Fsp3) is 0.167. The molecule has 3 aromatic rings. The number of nitrogens with one attached hydrogen (secondary N) is 1. The molecule has 1 aliphatic rings. The number of carbonyl (C=O) groups is 2. The van der Waals surface area contributed by atoms with Crippen LogP contribution in [0.2, 0.25) is 0 Å². The van der Waals surface area contributed by atoms with Gasteiger partial charge in [0.2, 0.25) is 0 Å². The molecule has 0 unspecified atom stereocenters. The van der Waals surface area contributed by atoms with Crippen LogP contribution in [0.25, 0.3) is 11.1 Å². The van der Waals surface area contributed by atoms with Crippen LogP contribution in [0.1, 0.15) is 22.6 Å². The number of halogens is 2. The highest BCUT2D eigenvalue weighted by Crippen LogP contribution is 2.44. The molecular formula is C24H19F2NO4. The van der Waals surface area contributed by atoms with Gasteiger partial charge in [-0.05, 0) is 39.9 Å². The lowest BCUT2D eigenvalue weighted by atomic mass is 9.98. The van der Waals surface area contributed by atoms with Crippen LogP contribution >= 0.6 is 0 Å². The minimum Gasteiger partial charge on any atom is -0.480 e. The molecule has 2 N–H and O–H groups in total. The molecule has 0 aromatic heterocycles. The summed E-state index contributed by atoms with van der Waals surface area (Å²) >= 11 is 0. The average Bonchev–Trinajstić information content (AvgIpc) is 3.08. The number of hydrogen-bond donors (Lipinski definition) is 2. The van der Waals surface area contributed by atoms with Gasteiger partial charge in [0, 0.05) is 12.3 Å². The van der Waals surface area contributed by atoms with Crippen LogP contribution < -0.4 is 5.32 Å². The van der Waals surface area contributed by atoms with Gasteiger partial charge in [0.15, 0.2) is 11.6 Å². The van der Waals surface area contributed by atoms with Crippen molar-refractivity contribution in [3.8, 4) is 11.1 Å². The third-order valence-corrected chi connectivity index (χ3v) is 5.36. The molecule has 4 rings (SSSR count). The maximum atomic E-state index is 13.4. The number of rotatable bonds is 6. The Balaban J connectivity index is 1.43. The first-order valence-corrected chi connectivity index (χ1v) is 9.72. The van der Waals surface area contributed by atoms with Gasteiger partial charge in [-0.3, -0.25) is 0 Å². The van der Waals surface area contributed by atoms with Gasteiger partial charge in [-0.2, -0.15) is 0 Å². The minimum absolute atomic E-state index is 0.0391. The molecule has 31 heavy (non-hydrogen) atoms. The number of carbonyl (C=O) groups excluding carboxylic acids is 1. The number of hydrogen-bond acceptors (Lipinski definition) is 3. The fourth-order valence-electron chi connectivity index (χ4n) is 3.88. The predicted molar refractivity (Wildman–Crippen MR) is 110 cm³/mol. The van der Waals surface area contributed by atoms with Crippen molar-refractivity contribution < 1.29 is 28.2 Å². The zero-order valence-electron chi connectivity index (χ0n) is 16.3. The van der Waals surface area contributed by atoms with Gasteiger partial charge in [0.05, 0.1) is 0 Å². The topological polar surface area (TPSA) is 75.6 Å². The van der Waals surface area contributed by atoms with Crippen molar-refractivity contribution in [3.63, 3.8) is 0 Å². The summed E-state index contributed by atoms with van der Waals surface area (Å²) in [5, 5.41) is 11.7. The quantitative estimate of drug-likeness (QED) is 0.612. The summed E-state index contributed by atoms with van der Waals surface area (Å²) in [6.07, 6.45) is -1.10. The third-order valence-electron chi connectivity index (χ3n) is 5.36. The van der Waals surface area contributed by atoms with Crippen LogP contribution in [0.4, 0.5) is 13.6 Å². The van der Waals surface area contributed by atoms with Crippen molar-refractivity contribution in [1.82, 2.24) is 5.32 Å². The molecule has 3 aromatic carbocycles. The molecule has 158 valence electrons. The molecule has 0 aliphatic heterocycles. The normalized spacial score (nSPS) is 13.2. The second-order valence-corrected chi connectivity index (χ2v) is 7.31. The lowest BCUT2D eigenvalue weighted by Gasteiger charge is -2.17. The number of ether oxygens (including phenoxy) is 1. The highest BCUT2D eigenvalue weighted by Gasteiger charge is 2.29. The first-order valence-electron chi connectivity index (χ1n) is 9.72. The summed E-state index contributed by atoms with van der Waals surface area (Å²) in [5.74, 6) is -3.58. The minimum atomic E-state index is -1.35. The number of amides is 1. The monoisotopic (exact) mass is 423 g/mol. The zero-order valence-corrected chi connectivity index (χ0v) is 16.3. The van der Waals surface area contributed by atoms with Crippen LogP contribution in [0.3, 0.4) is 0 Å². The van der Waals surface area contributed by atoms with E-state index in [1.165, 1.54) is 6.07 Å². The summed E-state index contributed by atoms with van der Waals surface area (Å²) in [6.45, 7) is 0.0391. The van der Waals surface area contributed by atoms with Gasteiger partial charge < -0.3 is 15.2 Å². The van der Waals surface area contributed by atoms with Crippen LogP contribution in [-0.2, 0) is 16.0 Å². The summed E-state index contributed by atoms with van der Waals surface area (Å²) < 4.78 is 31.8. The van der Waals surface area contributed by atoms with Gasteiger partial charge >= 0.3 is 12.1 Å². The highest BCUT2D eigenvalue weighted by molar-refractivity contribution is 5.81. The summed E-state index contributed by atoms with van der Waals surface area (Å²) in [4.78, 5) is 23.9. The maximum absolute atomic E-state index is 13.4. The van der Waals surface area contributed by atoms with E-state index >= 15 is 0 Å². The molecule has 0 saturated carbocycles. The SMILES string of the molecule is O=C(N[C@@H](Cc1ccc(F)c(F)c1)C(=O)O)OCC1c2ccccc2-c2ccccc21. The number of carboxylic acid groups (broad SMARTS) is 1. The Labute approximate surface area is 177 Å². The second kappa shape index (κ2) is 8.55. The Bertz CT molecular complexity index is 1100. The standard InChI is InChI=1S/C24H19F2NO4/c25-20-10-9-14(11-21(20)26)12-22(23(28)29)27-24(30)31-13-19-17-7-3-1-5-15(17)16-6-2-4-8-18(16)19/h1-11,19,22H,12-13H2,(H,27,30)(H,28,29)/t22-/m0/s1. The summed E-state index contributed by atoms with van der Waals surface area (Å²) in [6, 6.07) is 17.4. The van der Waals surface area contributed by atoms with Crippen LogP contribution in [0.5, 0.6) is 0 Å². The van der Waals surface area contributed by atoms with E-state index < -0.39 is 29.7 Å². The highest BCUT2D eigenvalue weighted by atomic mass is 19.2. The van der Waals surface area contributed by atoms with E-state index in [0.29, 0.717) is 0 Å². The molecule has 1 amide bonds. The molecule has 1 aliphatic carbocycles. The summed E-state index contributed by atoms with van der Waals surface area (Å²) in [7, 11) is 0. The van der Waals surface area contributed by atoms with Gasteiger partial charge in [0.25, 0.3) is 0 Å². The van der Waals surface area contributed by atoms with Gasteiger partial charge in [-0.15, -0.1) is 0 Å². The van der Waals surface area contributed by atoms with Crippen molar-refractivity contribution in [2.45, 2.75) is 18.4 Å². The van der Waals surface area contributed by atoms with Crippen LogP contribution in [0, 0.1) is 11.6 Å². The van der Waals surface area contributed by atoms with Gasteiger partial charge in [-0.1, -0.05) is 54.6 Å². The second-order valence-electron chi connectivity index (χ2n) is 7.31. The average molecular weight is 423 g/mol. The number of carboxylic acids is 1. The van der Waals surface area contributed by atoms with E-state index in [1.54, 1.807) is 0 Å². The molecule has 0 radical (unpaired) electrons. The molecule has 1 atom stereocenters. The Morgan fingerprint density at radius 3 is 2.13 bits per heavy atom. The van der Waals surface area contributed by atoms with E-state index in [-0.39, 0.29) is 24.5 Å². The van der Waals surface area contributed by atoms with E-state index in [9.17, 15) is 23.5 Å². The molecule has 0 bridgehead atoms. The zero-order chi connectivity index (χ0) is 22.0. The Morgan fingerprint density at radius 2 is 1.55 bits per heavy atom. The number of aliphatic carboxylic acids is 1. The van der Waals surface area contributed by atoms with Crippen molar-refractivity contribution in [1.29, 1.82) is 0 Å². The van der Waals surface area contributed by atoms with Crippen LogP contribution in [0.15, 0.2) is 66.7 Å². The number of alkyl carbamates (subject to hydrolysis) is 1. The first kappa shape index (κ1) is 20.5. The largest absolute Gasteiger partial charge is 0.480 e. The van der Waals surface area contributed by atoms with Crippen molar-refractivity contribution in [2.75, 3.05) is 6.61 Å². The molecular weight excluding hydrogens is 404 g/mol. The first-order chi connectivity index (χ1) is 14.9. The Hall–Kier alpha value is -3.74. The molecule has 0 heterocycles. The van der Waals surface area contributed by atoms with E-state index in [4.69, 9.17) is 4.74 Å². The molecule has 0 fully saturated rings. The Kier molecular flexibility index (Phi) is 5.66. The van der Waals surface area contributed by atoms with Crippen molar-refractivity contribution >= 4 is 12.1 Å². The molecule has 0 saturated heterocycles. The molecule has 5 nitrogen and oxygen atoms in total. The fourth-order valence-corrected chi connectivity index (χ4v) is 3.88. The van der Waals surface area contributed by atoms with Gasteiger partial charge in [-0.25, -0.2) is 18.4 Å². The lowest BCUT2D eigenvalue weighted by Crippen LogP contribution is -2.42. The lowest BCUT2D eigenvalue weighted by molar-refractivity contribution is -0.139. The van der Waals surface area contributed by atoms with E-state index in [2.05, 4.69) is 5.32 Å². The molecule has 7 heteroatoms. The smallest absolute Gasteiger partial charge is 0.407 e. The number of benzene rings is 3. The molecule has 0 spiro atoms. The van der Waals surface area contributed by atoms with Crippen molar-refractivity contribution in [3.05, 3.63) is 95.1 Å². The van der Waals surface area contributed by atoms with E-state index in [1.807, 2.05) is 48.5 Å².